The molecular weight excluding hydrogens is 502 g/mol. The molecule has 0 aliphatic carbocycles. The van der Waals surface area contributed by atoms with Crippen molar-refractivity contribution in [2.75, 3.05) is 11.7 Å². The molecule has 0 radical (unpaired) electrons. The fourth-order valence-corrected chi connectivity index (χ4v) is 4.85. The van der Waals surface area contributed by atoms with E-state index in [0.717, 1.165) is 38.7 Å². The number of fused-ring (bicyclic) bond motifs is 1. The van der Waals surface area contributed by atoms with Crippen molar-refractivity contribution < 1.29 is 13.9 Å². The molecule has 33 heavy (non-hydrogen) atoms. The molecule has 1 N–H and O–H groups in total. The molecule has 4 aromatic rings. The number of anilines is 1. The summed E-state index contributed by atoms with van der Waals surface area (Å²) in [5.74, 6) is 3.00. The number of nitrogens with zero attached hydrogens (tertiary/aromatic N) is 2. The highest BCUT2D eigenvalue weighted by molar-refractivity contribution is 9.10. The highest BCUT2D eigenvalue weighted by Crippen LogP contribution is 2.45. The van der Waals surface area contributed by atoms with Gasteiger partial charge in [0.05, 0.1) is 11.7 Å². The van der Waals surface area contributed by atoms with Crippen molar-refractivity contribution in [2.24, 2.45) is 0 Å². The first-order valence-electron chi connectivity index (χ1n) is 10.4. The topological polar surface area (TPSA) is 59.8 Å². The Balaban J connectivity index is 1.44. The van der Waals surface area contributed by atoms with Crippen LogP contribution in [0.15, 0.2) is 87.9 Å². The van der Waals surface area contributed by atoms with Gasteiger partial charge in [-0.05, 0) is 60.7 Å². The van der Waals surface area contributed by atoms with E-state index in [9.17, 15) is 0 Å². The van der Waals surface area contributed by atoms with E-state index in [1.165, 1.54) is 0 Å². The standard InChI is InChI=1S/C25H18BrN3O3S/c26-16-6-4-15(5-7-16)19-10-11-21(32-19)24-23(18-3-1-2-12-27-18)28-25(33)29(24)17-8-9-20-22(13-17)31-14-30-20/h1-13,23-24H,14H2,(H,28,33)/t23-,24+/m0/s1. The van der Waals surface area contributed by atoms with Gasteiger partial charge in [-0.1, -0.05) is 34.1 Å². The minimum atomic E-state index is -0.239. The monoisotopic (exact) mass is 519 g/mol. The van der Waals surface area contributed by atoms with E-state index in [1.807, 2.05) is 72.8 Å². The van der Waals surface area contributed by atoms with Crippen LogP contribution in [0, 0.1) is 0 Å². The lowest BCUT2D eigenvalue weighted by Gasteiger charge is -2.26. The molecule has 1 fully saturated rings. The number of pyridine rings is 1. The van der Waals surface area contributed by atoms with E-state index in [4.69, 9.17) is 26.1 Å². The lowest BCUT2D eigenvalue weighted by molar-refractivity contribution is 0.174. The number of ether oxygens (including phenoxy) is 2. The van der Waals surface area contributed by atoms with Gasteiger partial charge in [0.1, 0.15) is 17.6 Å². The minimum Gasteiger partial charge on any atom is -0.459 e. The largest absolute Gasteiger partial charge is 0.459 e. The third kappa shape index (κ3) is 3.65. The van der Waals surface area contributed by atoms with E-state index >= 15 is 0 Å². The maximum absolute atomic E-state index is 6.40. The van der Waals surface area contributed by atoms with Gasteiger partial charge in [0.2, 0.25) is 6.79 Å². The van der Waals surface area contributed by atoms with Crippen molar-refractivity contribution in [1.82, 2.24) is 10.3 Å². The molecule has 0 unspecified atom stereocenters. The Morgan fingerprint density at radius 1 is 0.970 bits per heavy atom. The number of nitrogens with one attached hydrogen (secondary N) is 1. The van der Waals surface area contributed by atoms with Crippen molar-refractivity contribution in [3.05, 3.63) is 94.9 Å². The first kappa shape index (κ1) is 20.3. The summed E-state index contributed by atoms with van der Waals surface area (Å²) >= 11 is 9.27. The van der Waals surface area contributed by atoms with Crippen LogP contribution in [0.5, 0.6) is 11.5 Å². The van der Waals surface area contributed by atoms with Crippen LogP contribution in [0.4, 0.5) is 5.69 Å². The maximum Gasteiger partial charge on any atom is 0.231 e. The summed E-state index contributed by atoms with van der Waals surface area (Å²) in [7, 11) is 0. The van der Waals surface area contributed by atoms with Crippen LogP contribution in [-0.4, -0.2) is 16.9 Å². The number of rotatable bonds is 4. The number of hydrogen-bond acceptors (Lipinski definition) is 5. The van der Waals surface area contributed by atoms with Gasteiger partial charge in [0.15, 0.2) is 16.6 Å². The second-order valence-corrected chi connectivity index (χ2v) is 9.05. The first-order chi connectivity index (χ1) is 16.2. The summed E-state index contributed by atoms with van der Waals surface area (Å²) in [5, 5.41) is 4.04. The van der Waals surface area contributed by atoms with Crippen LogP contribution in [0.3, 0.4) is 0 Å². The maximum atomic E-state index is 6.40. The molecule has 2 aromatic heterocycles. The van der Waals surface area contributed by atoms with Crippen molar-refractivity contribution in [2.45, 2.75) is 12.1 Å². The van der Waals surface area contributed by atoms with Gasteiger partial charge in [-0.25, -0.2) is 0 Å². The molecular formula is C25H18BrN3O3S. The van der Waals surface area contributed by atoms with Crippen LogP contribution in [0.1, 0.15) is 23.5 Å². The molecule has 2 aliphatic heterocycles. The van der Waals surface area contributed by atoms with Crippen molar-refractivity contribution in [3.63, 3.8) is 0 Å². The quantitative estimate of drug-likeness (QED) is 0.331. The summed E-state index contributed by atoms with van der Waals surface area (Å²) < 4.78 is 18.5. The zero-order valence-corrected chi connectivity index (χ0v) is 19.7. The van der Waals surface area contributed by atoms with Crippen molar-refractivity contribution in [1.29, 1.82) is 0 Å². The van der Waals surface area contributed by atoms with Gasteiger partial charge in [-0.15, -0.1) is 0 Å². The molecule has 4 heterocycles. The van der Waals surface area contributed by atoms with Gasteiger partial charge >= 0.3 is 0 Å². The van der Waals surface area contributed by atoms with E-state index in [2.05, 4.69) is 31.1 Å². The van der Waals surface area contributed by atoms with Gasteiger partial charge < -0.3 is 24.1 Å². The molecule has 0 saturated carbocycles. The van der Waals surface area contributed by atoms with E-state index < -0.39 is 0 Å². The summed E-state index contributed by atoms with van der Waals surface area (Å²) in [6.45, 7) is 0.218. The summed E-state index contributed by atoms with van der Waals surface area (Å²) in [5.41, 5.74) is 2.78. The van der Waals surface area contributed by atoms with Gasteiger partial charge in [0.25, 0.3) is 0 Å². The van der Waals surface area contributed by atoms with E-state index in [-0.39, 0.29) is 18.9 Å². The molecule has 2 aromatic carbocycles. The molecule has 164 valence electrons. The predicted molar refractivity (Wildman–Crippen MR) is 132 cm³/mol. The fraction of sp³-hybridized carbons (Fsp3) is 0.120. The second kappa shape index (κ2) is 8.20. The highest BCUT2D eigenvalue weighted by Gasteiger charge is 2.43. The lowest BCUT2D eigenvalue weighted by atomic mass is 10.0. The van der Waals surface area contributed by atoms with Crippen LogP contribution < -0.4 is 19.7 Å². The Morgan fingerprint density at radius 2 is 1.82 bits per heavy atom. The molecule has 0 amide bonds. The zero-order valence-electron chi connectivity index (χ0n) is 17.3. The number of furan rings is 1. The first-order valence-corrected chi connectivity index (χ1v) is 11.6. The third-order valence-electron chi connectivity index (χ3n) is 5.78. The Hall–Kier alpha value is -3.36. The normalized spacial score (nSPS) is 19.1. The van der Waals surface area contributed by atoms with E-state index in [1.54, 1.807) is 6.20 Å². The molecule has 2 atom stereocenters. The molecule has 6 nitrogen and oxygen atoms in total. The third-order valence-corrected chi connectivity index (χ3v) is 6.62. The number of benzene rings is 2. The summed E-state index contributed by atoms with van der Waals surface area (Å²) in [6.07, 6.45) is 1.79. The van der Waals surface area contributed by atoms with Crippen LogP contribution >= 0.6 is 28.1 Å². The molecule has 2 aliphatic rings. The summed E-state index contributed by atoms with van der Waals surface area (Å²) in [6, 6.07) is 23.3. The minimum absolute atomic E-state index is 0.187. The molecule has 0 spiro atoms. The molecule has 6 rings (SSSR count). The molecule has 8 heteroatoms. The van der Waals surface area contributed by atoms with Crippen LogP contribution in [0.2, 0.25) is 0 Å². The second-order valence-electron chi connectivity index (χ2n) is 7.74. The van der Waals surface area contributed by atoms with Gasteiger partial charge in [-0.2, -0.15) is 0 Å². The van der Waals surface area contributed by atoms with Crippen molar-refractivity contribution in [3.8, 4) is 22.8 Å². The fourth-order valence-electron chi connectivity index (χ4n) is 4.24. The van der Waals surface area contributed by atoms with Gasteiger partial charge in [0, 0.05) is 28.0 Å². The lowest BCUT2D eigenvalue weighted by Crippen LogP contribution is -2.29. The predicted octanol–water partition coefficient (Wildman–Crippen LogP) is 6.01. The van der Waals surface area contributed by atoms with E-state index in [0.29, 0.717) is 10.9 Å². The Labute approximate surface area is 204 Å². The van der Waals surface area contributed by atoms with Gasteiger partial charge in [-0.3, -0.25) is 4.98 Å². The average Bonchev–Trinajstić information content (AvgIpc) is 3.58. The summed E-state index contributed by atoms with van der Waals surface area (Å²) in [4.78, 5) is 6.65. The number of aromatic nitrogens is 1. The van der Waals surface area contributed by atoms with Crippen molar-refractivity contribution >= 4 is 38.9 Å². The Bertz CT molecular complexity index is 1330. The smallest absolute Gasteiger partial charge is 0.231 e. The highest BCUT2D eigenvalue weighted by atomic mass is 79.9. The zero-order chi connectivity index (χ0) is 22.4. The molecule has 1 saturated heterocycles. The van der Waals surface area contributed by atoms with Crippen LogP contribution in [0.25, 0.3) is 11.3 Å². The SMILES string of the molecule is S=C1N[C@@H](c2ccccn2)[C@@H](c2ccc(-c3ccc(Br)cc3)o2)N1c1ccc2c(c1)OCO2. The Kier molecular flexibility index (Phi) is 5.04. The van der Waals surface area contributed by atoms with Crippen LogP contribution in [-0.2, 0) is 0 Å². The number of halogens is 1. The number of hydrogen-bond donors (Lipinski definition) is 1. The average molecular weight is 520 g/mol. The Morgan fingerprint density at radius 3 is 2.64 bits per heavy atom. The molecule has 0 bridgehead atoms. The number of thiocarbonyl (C=S) groups is 1.